The standard InChI is InChI=1S/C13H21N3O/c1-9-11(7-8-12(14)17-2)13(16-15-9)10-5-3-4-6-10/h10,14H,3-8H2,1-2H3,(H,15,16). The van der Waals surface area contributed by atoms with Gasteiger partial charge in [-0.2, -0.15) is 5.10 Å². The highest BCUT2D eigenvalue weighted by molar-refractivity contribution is 5.72. The lowest BCUT2D eigenvalue weighted by Crippen LogP contribution is -2.04. The molecule has 1 aromatic heterocycles. The molecule has 0 aromatic carbocycles. The van der Waals surface area contributed by atoms with Crippen LogP contribution in [-0.2, 0) is 11.2 Å². The summed E-state index contributed by atoms with van der Waals surface area (Å²) in [5.74, 6) is 0.981. The summed E-state index contributed by atoms with van der Waals surface area (Å²) >= 11 is 0. The van der Waals surface area contributed by atoms with E-state index in [4.69, 9.17) is 10.1 Å². The van der Waals surface area contributed by atoms with E-state index in [0.717, 1.165) is 12.1 Å². The van der Waals surface area contributed by atoms with Gasteiger partial charge < -0.3 is 4.74 Å². The topological polar surface area (TPSA) is 61.8 Å². The molecule has 1 saturated carbocycles. The lowest BCUT2D eigenvalue weighted by Gasteiger charge is -2.09. The predicted molar refractivity (Wildman–Crippen MR) is 67.6 cm³/mol. The van der Waals surface area contributed by atoms with Crippen LogP contribution in [0.2, 0.25) is 0 Å². The van der Waals surface area contributed by atoms with Gasteiger partial charge in [0.1, 0.15) is 0 Å². The maximum absolute atomic E-state index is 7.54. The van der Waals surface area contributed by atoms with Crippen molar-refractivity contribution in [3.63, 3.8) is 0 Å². The van der Waals surface area contributed by atoms with E-state index in [1.807, 2.05) is 0 Å². The van der Waals surface area contributed by atoms with Crippen LogP contribution in [0, 0.1) is 12.3 Å². The molecule has 0 aliphatic heterocycles. The van der Waals surface area contributed by atoms with E-state index in [9.17, 15) is 0 Å². The first kappa shape index (κ1) is 12.1. The molecule has 1 fully saturated rings. The highest BCUT2D eigenvalue weighted by Crippen LogP contribution is 2.35. The first-order valence-electron chi connectivity index (χ1n) is 6.37. The fraction of sp³-hybridized carbons (Fsp3) is 0.692. The molecule has 1 heterocycles. The molecule has 0 amide bonds. The third-order valence-corrected chi connectivity index (χ3v) is 3.70. The average molecular weight is 235 g/mol. The zero-order valence-corrected chi connectivity index (χ0v) is 10.7. The Balaban J connectivity index is 2.08. The number of aryl methyl sites for hydroxylation is 1. The van der Waals surface area contributed by atoms with Crippen LogP contribution in [-0.4, -0.2) is 23.2 Å². The summed E-state index contributed by atoms with van der Waals surface area (Å²) in [4.78, 5) is 0. The molecule has 0 saturated heterocycles. The Bertz CT molecular complexity index is 391. The van der Waals surface area contributed by atoms with Crippen molar-refractivity contribution in [3.8, 4) is 0 Å². The maximum Gasteiger partial charge on any atom is 0.180 e. The van der Waals surface area contributed by atoms with Crippen molar-refractivity contribution in [1.82, 2.24) is 10.2 Å². The molecule has 2 N–H and O–H groups in total. The molecular formula is C13H21N3O. The third kappa shape index (κ3) is 2.68. The van der Waals surface area contributed by atoms with Crippen molar-refractivity contribution in [2.75, 3.05) is 7.11 Å². The Hall–Kier alpha value is -1.32. The Labute approximate surface area is 102 Å². The van der Waals surface area contributed by atoms with Gasteiger partial charge in [0.15, 0.2) is 5.90 Å². The minimum Gasteiger partial charge on any atom is -0.484 e. The van der Waals surface area contributed by atoms with E-state index >= 15 is 0 Å². The van der Waals surface area contributed by atoms with Gasteiger partial charge in [0, 0.05) is 18.0 Å². The fourth-order valence-electron chi connectivity index (χ4n) is 2.66. The molecule has 0 atom stereocenters. The molecule has 2 rings (SSSR count). The van der Waals surface area contributed by atoms with Gasteiger partial charge >= 0.3 is 0 Å². The largest absolute Gasteiger partial charge is 0.484 e. The normalized spacial score (nSPS) is 16.4. The lowest BCUT2D eigenvalue weighted by molar-refractivity contribution is 0.386. The van der Waals surface area contributed by atoms with E-state index in [0.29, 0.717) is 18.2 Å². The van der Waals surface area contributed by atoms with Gasteiger partial charge in [-0.05, 0) is 31.7 Å². The highest BCUT2D eigenvalue weighted by Gasteiger charge is 2.23. The molecule has 0 bridgehead atoms. The number of nitrogens with zero attached hydrogens (tertiary/aromatic N) is 1. The van der Waals surface area contributed by atoms with Crippen molar-refractivity contribution < 1.29 is 4.74 Å². The van der Waals surface area contributed by atoms with E-state index < -0.39 is 0 Å². The average Bonchev–Trinajstić information content (AvgIpc) is 2.95. The van der Waals surface area contributed by atoms with Crippen molar-refractivity contribution in [2.24, 2.45) is 0 Å². The summed E-state index contributed by atoms with van der Waals surface area (Å²) in [6, 6.07) is 0. The number of hydrogen-bond donors (Lipinski definition) is 2. The first-order valence-corrected chi connectivity index (χ1v) is 6.37. The van der Waals surface area contributed by atoms with E-state index in [-0.39, 0.29) is 0 Å². The second-order valence-electron chi connectivity index (χ2n) is 4.82. The second kappa shape index (κ2) is 5.34. The molecule has 0 unspecified atom stereocenters. The van der Waals surface area contributed by atoms with Crippen molar-refractivity contribution in [3.05, 3.63) is 17.0 Å². The second-order valence-corrected chi connectivity index (χ2v) is 4.82. The number of aromatic nitrogens is 2. The summed E-state index contributed by atoms with van der Waals surface area (Å²) in [6.45, 7) is 2.07. The number of hydrogen-bond acceptors (Lipinski definition) is 3. The van der Waals surface area contributed by atoms with Crippen molar-refractivity contribution >= 4 is 5.90 Å². The SMILES string of the molecule is COC(=N)CCc1c(C2CCCC2)n[nH]c1C. The Morgan fingerprint density at radius 3 is 2.82 bits per heavy atom. The maximum atomic E-state index is 7.54. The summed E-state index contributed by atoms with van der Waals surface area (Å²) in [5, 5.41) is 15.1. The van der Waals surface area contributed by atoms with Crippen molar-refractivity contribution in [2.45, 2.75) is 51.4 Å². The summed E-state index contributed by atoms with van der Waals surface area (Å²) in [6.07, 6.45) is 6.70. The van der Waals surface area contributed by atoms with Gasteiger partial charge in [-0.3, -0.25) is 10.5 Å². The highest BCUT2D eigenvalue weighted by atomic mass is 16.5. The number of rotatable bonds is 4. The quantitative estimate of drug-likeness (QED) is 0.622. The van der Waals surface area contributed by atoms with Gasteiger partial charge in [0.05, 0.1) is 12.8 Å². The molecule has 0 spiro atoms. The Morgan fingerprint density at radius 1 is 1.47 bits per heavy atom. The molecule has 94 valence electrons. The zero-order chi connectivity index (χ0) is 12.3. The molecule has 17 heavy (non-hydrogen) atoms. The Kier molecular flexibility index (Phi) is 3.82. The van der Waals surface area contributed by atoms with Crippen LogP contribution in [0.25, 0.3) is 0 Å². The molecule has 4 nitrogen and oxygen atoms in total. The van der Waals surface area contributed by atoms with Gasteiger partial charge in [-0.1, -0.05) is 12.8 Å². The lowest BCUT2D eigenvalue weighted by atomic mass is 9.96. The van der Waals surface area contributed by atoms with Gasteiger partial charge in [-0.25, -0.2) is 0 Å². The number of methoxy groups -OCH3 is 1. The first-order chi connectivity index (χ1) is 8.22. The molecule has 1 aliphatic rings. The van der Waals surface area contributed by atoms with Gasteiger partial charge in [0.25, 0.3) is 0 Å². The fourth-order valence-corrected chi connectivity index (χ4v) is 2.66. The molecule has 0 radical (unpaired) electrons. The summed E-state index contributed by atoms with van der Waals surface area (Å²) in [7, 11) is 1.56. The number of aromatic amines is 1. The third-order valence-electron chi connectivity index (χ3n) is 3.70. The van der Waals surface area contributed by atoms with Crippen LogP contribution >= 0.6 is 0 Å². The molecule has 1 aliphatic carbocycles. The monoisotopic (exact) mass is 235 g/mol. The van der Waals surface area contributed by atoms with Gasteiger partial charge in [0.2, 0.25) is 0 Å². The van der Waals surface area contributed by atoms with E-state index in [1.165, 1.54) is 36.9 Å². The van der Waals surface area contributed by atoms with Crippen LogP contribution in [0.3, 0.4) is 0 Å². The number of H-pyrrole nitrogens is 1. The van der Waals surface area contributed by atoms with Crippen LogP contribution in [0.5, 0.6) is 0 Å². The Morgan fingerprint density at radius 2 is 2.18 bits per heavy atom. The van der Waals surface area contributed by atoms with E-state index in [2.05, 4.69) is 17.1 Å². The van der Waals surface area contributed by atoms with Crippen molar-refractivity contribution in [1.29, 1.82) is 5.41 Å². The van der Waals surface area contributed by atoms with E-state index in [1.54, 1.807) is 7.11 Å². The van der Waals surface area contributed by atoms with Crippen LogP contribution in [0.1, 0.15) is 55.0 Å². The van der Waals surface area contributed by atoms with Crippen LogP contribution in [0.15, 0.2) is 0 Å². The smallest absolute Gasteiger partial charge is 0.180 e. The van der Waals surface area contributed by atoms with Gasteiger partial charge in [-0.15, -0.1) is 0 Å². The summed E-state index contributed by atoms with van der Waals surface area (Å²) in [5.41, 5.74) is 3.69. The zero-order valence-electron chi connectivity index (χ0n) is 10.7. The number of nitrogens with one attached hydrogen (secondary N) is 2. The van der Waals surface area contributed by atoms with Crippen LogP contribution in [0.4, 0.5) is 0 Å². The molecular weight excluding hydrogens is 214 g/mol. The minimum atomic E-state index is 0.350. The molecule has 4 heteroatoms. The minimum absolute atomic E-state index is 0.350. The predicted octanol–water partition coefficient (Wildman–Crippen LogP) is 2.93. The molecule has 1 aromatic rings. The summed E-state index contributed by atoms with van der Waals surface area (Å²) < 4.78 is 4.91. The van der Waals surface area contributed by atoms with Crippen LogP contribution < -0.4 is 0 Å². The number of ether oxygens (including phenoxy) is 1.